The van der Waals surface area contributed by atoms with Gasteiger partial charge in [0.25, 0.3) is 0 Å². The van der Waals surface area contributed by atoms with Crippen LogP contribution in [-0.2, 0) is 6.42 Å². The molecule has 0 aliphatic rings. The zero-order chi connectivity index (χ0) is 15.4. The molecular formula is C17H17N3O2. The van der Waals surface area contributed by atoms with Crippen LogP contribution in [0.25, 0.3) is 11.0 Å². The van der Waals surface area contributed by atoms with Crippen molar-refractivity contribution in [3.05, 3.63) is 60.4 Å². The number of ether oxygens (including phenoxy) is 1. The van der Waals surface area contributed by atoms with Gasteiger partial charge in [-0.15, -0.1) is 0 Å². The van der Waals surface area contributed by atoms with Gasteiger partial charge in [-0.1, -0.05) is 36.4 Å². The predicted molar refractivity (Wildman–Crippen MR) is 85.2 cm³/mol. The molecule has 22 heavy (non-hydrogen) atoms. The average molecular weight is 295 g/mol. The van der Waals surface area contributed by atoms with Gasteiger partial charge in [-0.05, 0) is 24.1 Å². The van der Waals surface area contributed by atoms with Crippen LogP contribution in [0.5, 0.6) is 5.75 Å². The molecule has 0 atom stereocenters. The lowest BCUT2D eigenvalue weighted by Crippen LogP contribution is -2.29. The number of benzene rings is 2. The Hall–Kier alpha value is -2.82. The lowest BCUT2D eigenvalue weighted by molar-refractivity contribution is 0.243. The topological polar surface area (TPSA) is 56.2 Å². The Morgan fingerprint density at radius 2 is 2.00 bits per heavy atom. The van der Waals surface area contributed by atoms with E-state index in [2.05, 4.69) is 10.3 Å². The molecule has 0 unspecified atom stereocenters. The Morgan fingerprint density at radius 3 is 2.77 bits per heavy atom. The van der Waals surface area contributed by atoms with Gasteiger partial charge in [0.05, 0.1) is 12.6 Å². The third-order valence-electron chi connectivity index (χ3n) is 3.51. The summed E-state index contributed by atoms with van der Waals surface area (Å²) in [6.07, 6.45) is 2.31. The van der Waals surface area contributed by atoms with Crippen molar-refractivity contribution in [2.75, 3.05) is 13.7 Å². The number of hydrogen-bond donors (Lipinski definition) is 1. The summed E-state index contributed by atoms with van der Waals surface area (Å²) in [5, 5.41) is 2.91. The molecule has 5 nitrogen and oxygen atoms in total. The molecule has 0 saturated carbocycles. The van der Waals surface area contributed by atoms with Gasteiger partial charge >= 0.3 is 6.03 Å². The van der Waals surface area contributed by atoms with Crippen LogP contribution in [0.2, 0.25) is 0 Å². The average Bonchev–Trinajstić information content (AvgIpc) is 3.00. The number of hydrogen-bond acceptors (Lipinski definition) is 3. The molecule has 0 radical (unpaired) electrons. The van der Waals surface area contributed by atoms with E-state index in [9.17, 15) is 4.79 Å². The molecule has 0 aliphatic heterocycles. The molecule has 0 bridgehead atoms. The minimum atomic E-state index is -0.188. The Morgan fingerprint density at radius 1 is 1.18 bits per heavy atom. The van der Waals surface area contributed by atoms with Gasteiger partial charge in [0.15, 0.2) is 0 Å². The van der Waals surface area contributed by atoms with Gasteiger partial charge < -0.3 is 10.1 Å². The third-order valence-corrected chi connectivity index (χ3v) is 3.51. The van der Waals surface area contributed by atoms with Crippen molar-refractivity contribution in [1.82, 2.24) is 14.9 Å². The van der Waals surface area contributed by atoms with Crippen LogP contribution in [0.15, 0.2) is 54.9 Å². The zero-order valence-electron chi connectivity index (χ0n) is 12.3. The third kappa shape index (κ3) is 2.79. The summed E-state index contributed by atoms with van der Waals surface area (Å²) in [4.78, 5) is 16.5. The van der Waals surface area contributed by atoms with Crippen molar-refractivity contribution in [2.45, 2.75) is 6.42 Å². The first kappa shape index (κ1) is 14.1. The fraction of sp³-hybridized carbons (Fsp3) is 0.176. The van der Waals surface area contributed by atoms with Crippen LogP contribution in [0.1, 0.15) is 5.56 Å². The molecule has 3 aromatic rings. The normalized spacial score (nSPS) is 10.6. The number of para-hydroxylation sites is 1. The number of fused-ring (bicyclic) bond motifs is 1. The van der Waals surface area contributed by atoms with E-state index in [4.69, 9.17) is 4.74 Å². The van der Waals surface area contributed by atoms with E-state index >= 15 is 0 Å². The quantitative estimate of drug-likeness (QED) is 0.805. The Kier molecular flexibility index (Phi) is 4.05. The van der Waals surface area contributed by atoms with Crippen molar-refractivity contribution in [3.63, 3.8) is 0 Å². The number of carbonyl (C=O) groups is 1. The lowest BCUT2D eigenvalue weighted by Gasteiger charge is -2.07. The molecule has 0 spiro atoms. The van der Waals surface area contributed by atoms with E-state index in [1.54, 1.807) is 7.11 Å². The lowest BCUT2D eigenvalue weighted by atomic mass is 10.1. The number of rotatable bonds is 4. The second kappa shape index (κ2) is 6.30. The first-order valence-corrected chi connectivity index (χ1v) is 7.12. The zero-order valence-corrected chi connectivity index (χ0v) is 12.3. The summed E-state index contributed by atoms with van der Waals surface area (Å²) in [6, 6.07) is 15.4. The summed E-state index contributed by atoms with van der Waals surface area (Å²) >= 11 is 0. The molecule has 0 aliphatic carbocycles. The fourth-order valence-corrected chi connectivity index (χ4v) is 2.38. The van der Waals surface area contributed by atoms with Crippen LogP contribution in [0, 0.1) is 0 Å². The maximum atomic E-state index is 12.3. The summed E-state index contributed by atoms with van der Waals surface area (Å²) in [5.41, 5.74) is 2.61. The number of amides is 1. The molecule has 0 saturated heterocycles. The summed E-state index contributed by atoms with van der Waals surface area (Å²) in [6.45, 7) is 0.576. The molecule has 0 fully saturated rings. The van der Waals surface area contributed by atoms with Gasteiger partial charge in [-0.2, -0.15) is 0 Å². The molecule has 1 aromatic heterocycles. The highest BCUT2D eigenvalue weighted by atomic mass is 16.5. The van der Waals surface area contributed by atoms with E-state index < -0.39 is 0 Å². The maximum absolute atomic E-state index is 12.3. The minimum Gasteiger partial charge on any atom is -0.494 e. The van der Waals surface area contributed by atoms with Crippen molar-refractivity contribution in [1.29, 1.82) is 0 Å². The van der Waals surface area contributed by atoms with Crippen LogP contribution < -0.4 is 10.1 Å². The van der Waals surface area contributed by atoms with Gasteiger partial charge in [0, 0.05) is 6.54 Å². The standard InChI is InChI=1S/C17H17N3O2/c1-22-15-9-5-8-14-16(15)19-12-20(14)17(21)18-11-10-13-6-3-2-4-7-13/h2-9,12H,10-11H2,1H3,(H,18,21). The predicted octanol–water partition coefficient (Wildman–Crippen LogP) is 2.85. The number of methoxy groups -OCH3 is 1. The second-order valence-electron chi connectivity index (χ2n) is 4.91. The number of imidazole rings is 1. The maximum Gasteiger partial charge on any atom is 0.327 e. The van der Waals surface area contributed by atoms with Crippen molar-refractivity contribution in [2.24, 2.45) is 0 Å². The Balaban J connectivity index is 1.70. The first-order valence-electron chi connectivity index (χ1n) is 7.12. The smallest absolute Gasteiger partial charge is 0.327 e. The highest BCUT2D eigenvalue weighted by Gasteiger charge is 2.12. The van der Waals surface area contributed by atoms with Crippen LogP contribution >= 0.6 is 0 Å². The number of carbonyl (C=O) groups excluding carboxylic acids is 1. The van der Waals surface area contributed by atoms with Gasteiger partial charge in [-0.25, -0.2) is 9.78 Å². The van der Waals surface area contributed by atoms with Crippen LogP contribution in [0.4, 0.5) is 4.79 Å². The van der Waals surface area contributed by atoms with Gasteiger partial charge in [-0.3, -0.25) is 4.57 Å². The Labute approximate surface area is 128 Å². The molecule has 1 heterocycles. The largest absolute Gasteiger partial charge is 0.494 e. The molecule has 1 N–H and O–H groups in total. The number of nitrogens with zero attached hydrogens (tertiary/aromatic N) is 2. The first-order chi connectivity index (χ1) is 10.8. The second-order valence-corrected chi connectivity index (χ2v) is 4.91. The summed E-state index contributed by atoms with van der Waals surface area (Å²) in [7, 11) is 1.59. The molecule has 2 aromatic carbocycles. The molecule has 5 heteroatoms. The van der Waals surface area contributed by atoms with Crippen LogP contribution in [0.3, 0.4) is 0 Å². The minimum absolute atomic E-state index is 0.188. The summed E-state index contributed by atoms with van der Waals surface area (Å²) < 4.78 is 6.75. The molecule has 112 valence electrons. The van der Waals surface area contributed by atoms with E-state index in [0.29, 0.717) is 17.8 Å². The van der Waals surface area contributed by atoms with Gasteiger partial charge in [0.2, 0.25) is 0 Å². The summed E-state index contributed by atoms with van der Waals surface area (Å²) in [5.74, 6) is 0.660. The Bertz CT molecular complexity index is 781. The fourth-order valence-electron chi connectivity index (χ4n) is 2.38. The van der Waals surface area contributed by atoms with Crippen LogP contribution in [-0.4, -0.2) is 29.2 Å². The number of nitrogens with one attached hydrogen (secondary N) is 1. The van der Waals surface area contributed by atoms with E-state index in [0.717, 1.165) is 11.9 Å². The van der Waals surface area contributed by atoms with Crippen molar-refractivity contribution < 1.29 is 9.53 Å². The van der Waals surface area contributed by atoms with Crippen molar-refractivity contribution >= 4 is 17.1 Å². The molecule has 1 amide bonds. The highest BCUT2D eigenvalue weighted by Crippen LogP contribution is 2.23. The van der Waals surface area contributed by atoms with Gasteiger partial charge in [0.1, 0.15) is 17.6 Å². The molecule has 3 rings (SSSR count). The molecular weight excluding hydrogens is 278 g/mol. The van der Waals surface area contributed by atoms with E-state index in [-0.39, 0.29) is 6.03 Å². The van der Waals surface area contributed by atoms with E-state index in [1.807, 2.05) is 48.5 Å². The van der Waals surface area contributed by atoms with Crippen molar-refractivity contribution in [3.8, 4) is 5.75 Å². The highest BCUT2D eigenvalue weighted by molar-refractivity contribution is 5.91. The van der Waals surface area contributed by atoms with E-state index in [1.165, 1.54) is 16.5 Å². The SMILES string of the molecule is COc1cccc2c1ncn2C(=O)NCCc1ccccc1. The monoisotopic (exact) mass is 295 g/mol. The number of aromatic nitrogens is 2.